The third kappa shape index (κ3) is 50.7. The zero-order chi connectivity index (χ0) is 45.8. The fraction of sp³-hybridized carbons (Fsp3) is 0.877. The van der Waals surface area contributed by atoms with E-state index in [2.05, 4.69) is 45.1 Å². The van der Waals surface area contributed by atoms with Crippen LogP contribution in [-0.2, 0) is 28.6 Å². The van der Waals surface area contributed by atoms with Gasteiger partial charge in [0.15, 0.2) is 6.10 Å². The number of hydrogen-bond acceptors (Lipinski definition) is 6. The maximum atomic E-state index is 12.7. The molecule has 6 heteroatoms. The second-order valence-electron chi connectivity index (χ2n) is 18.9. The van der Waals surface area contributed by atoms with Gasteiger partial charge in [0.1, 0.15) is 13.2 Å². The number of rotatable bonds is 51. The molecular weight excluding hydrogens is 781 g/mol. The number of esters is 3. The fourth-order valence-corrected chi connectivity index (χ4v) is 8.24. The molecule has 0 radical (unpaired) electrons. The predicted octanol–water partition coefficient (Wildman–Crippen LogP) is 18.3. The summed E-state index contributed by atoms with van der Waals surface area (Å²) in [7, 11) is 0. The van der Waals surface area contributed by atoms with Crippen LogP contribution in [0.5, 0.6) is 0 Å². The third-order valence-corrected chi connectivity index (χ3v) is 12.5. The highest BCUT2D eigenvalue weighted by Crippen LogP contribution is 2.17. The number of carbonyl (C=O) groups is 3. The summed E-state index contributed by atoms with van der Waals surface area (Å²) in [6, 6.07) is 0. The van der Waals surface area contributed by atoms with Crippen LogP contribution in [-0.4, -0.2) is 37.2 Å². The smallest absolute Gasteiger partial charge is 0.306 e. The monoisotopic (exact) mass is 887 g/mol. The number of ether oxygens (including phenoxy) is 3. The molecule has 1 atom stereocenters. The summed E-state index contributed by atoms with van der Waals surface area (Å²) in [6.45, 7) is 6.55. The summed E-state index contributed by atoms with van der Waals surface area (Å²) in [5.41, 5.74) is 0. The Hall–Kier alpha value is -2.11. The average molecular weight is 887 g/mol. The van der Waals surface area contributed by atoms with Crippen molar-refractivity contribution >= 4 is 17.9 Å². The standard InChI is InChI=1S/C57H106O6/c1-4-7-10-13-15-17-19-21-23-24-25-26-27-28-29-30-31-32-34-35-37-39-41-44-47-50-56(59)62-53-54(52-61-55(58)49-46-43-12-9-6-3)63-57(60)51-48-45-42-40-38-36-33-22-20-18-16-14-11-8-5-2/h16,18,22,33,54H,4-15,17,19-21,23-32,34-53H2,1-3H3/b18-16-,33-22-. The van der Waals surface area contributed by atoms with Gasteiger partial charge in [0.2, 0.25) is 0 Å². The molecule has 63 heavy (non-hydrogen) atoms. The Kier molecular flexibility index (Phi) is 50.8. The first-order chi connectivity index (χ1) is 31.0. The molecule has 0 aliphatic heterocycles. The highest BCUT2D eigenvalue weighted by atomic mass is 16.6. The highest BCUT2D eigenvalue weighted by Gasteiger charge is 2.19. The van der Waals surface area contributed by atoms with Gasteiger partial charge in [-0.25, -0.2) is 0 Å². The normalized spacial score (nSPS) is 12.1. The molecule has 0 aromatic heterocycles. The molecule has 0 N–H and O–H groups in total. The summed E-state index contributed by atoms with van der Waals surface area (Å²) in [6.07, 6.45) is 60.8. The van der Waals surface area contributed by atoms with Crippen molar-refractivity contribution in [3.63, 3.8) is 0 Å². The van der Waals surface area contributed by atoms with Gasteiger partial charge < -0.3 is 14.2 Å². The average Bonchev–Trinajstić information content (AvgIpc) is 3.28. The summed E-state index contributed by atoms with van der Waals surface area (Å²) in [5, 5.41) is 0. The minimum atomic E-state index is -0.771. The number of carbonyl (C=O) groups excluding carboxylic acids is 3. The van der Waals surface area contributed by atoms with Gasteiger partial charge in [-0.15, -0.1) is 0 Å². The van der Waals surface area contributed by atoms with Crippen molar-refractivity contribution in [1.82, 2.24) is 0 Å². The lowest BCUT2D eigenvalue weighted by atomic mass is 10.0. The second-order valence-corrected chi connectivity index (χ2v) is 18.9. The molecule has 6 nitrogen and oxygen atoms in total. The van der Waals surface area contributed by atoms with Crippen LogP contribution in [0.3, 0.4) is 0 Å². The summed E-state index contributed by atoms with van der Waals surface area (Å²) in [4.78, 5) is 37.7. The van der Waals surface area contributed by atoms with Gasteiger partial charge in [-0.1, -0.05) is 257 Å². The number of hydrogen-bond donors (Lipinski definition) is 0. The maximum absolute atomic E-state index is 12.7. The van der Waals surface area contributed by atoms with E-state index in [0.29, 0.717) is 19.3 Å². The Balaban J connectivity index is 4.01. The molecule has 0 spiro atoms. The van der Waals surface area contributed by atoms with Crippen molar-refractivity contribution in [2.75, 3.05) is 13.2 Å². The highest BCUT2D eigenvalue weighted by molar-refractivity contribution is 5.71. The van der Waals surface area contributed by atoms with E-state index in [-0.39, 0.29) is 31.1 Å². The van der Waals surface area contributed by atoms with Crippen LogP contribution in [0.15, 0.2) is 24.3 Å². The lowest BCUT2D eigenvalue weighted by Gasteiger charge is -2.18. The molecule has 0 heterocycles. The maximum Gasteiger partial charge on any atom is 0.306 e. The first-order valence-electron chi connectivity index (χ1n) is 27.8. The number of allylic oxidation sites excluding steroid dienone is 4. The van der Waals surface area contributed by atoms with Crippen LogP contribution in [0.25, 0.3) is 0 Å². The van der Waals surface area contributed by atoms with E-state index in [9.17, 15) is 14.4 Å². The van der Waals surface area contributed by atoms with Crippen molar-refractivity contribution in [3.8, 4) is 0 Å². The molecular formula is C57H106O6. The van der Waals surface area contributed by atoms with Crippen LogP contribution in [0.1, 0.15) is 303 Å². The lowest BCUT2D eigenvalue weighted by molar-refractivity contribution is -0.167. The topological polar surface area (TPSA) is 78.9 Å². The molecule has 0 aliphatic rings. The van der Waals surface area contributed by atoms with E-state index < -0.39 is 6.10 Å². The molecule has 0 aromatic rings. The molecule has 0 bridgehead atoms. The van der Waals surface area contributed by atoms with E-state index >= 15 is 0 Å². The quantitative estimate of drug-likeness (QED) is 0.0262. The third-order valence-electron chi connectivity index (χ3n) is 12.5. The Morgan fingerprint density at radius 2 is 0.571 bits per heavy atom. The summed E-state index contributed by atoms with van der Waals surface area (Å²) >= 11 is 0. The molecule has 0 aliphatic carbocycles. The van der Waals surface area contributed by atoms with Crippen LogP contribution >= 0.6 is 0 Å². The van der Waals surface area contributed by atoms with Crippen molar-refractivity contribution in [2.45, 2.75) is 309 Å². The van der Waals surface area contributed by atoms with Crippen molar-refractivity contribution in [1.29, 1.82) is 0 Å². The van der Waals surface area contributed by atoms with Crippen LogP contribution in [0, 0.1) is 0 Å². The Labute approximate surface area is 392 Å². The Morgan fingerprint density at radius 1 is 0.317 bits per heavy atom. The van der Waals surface area contributed by atoms with Crippen LogP contribution in [0.4, 0.5) is 0 Å². The molecule has 0 amide bonds. The van der Waals surface area contributed by atoms with Gasteiger partial charge in [-0.3, -0.25) is 14.4 Å². The molecule has 0 rings (SSSR count). The van der Waals surface area contributed by atoms with E-state index in [1.165, 1.54) is 173 Å². The van der Waals surface area contributed by atoms with E-state index in [0.717, 1.165) is 89.9 Å². The zero-order valence-electron chi connectivity index (χ0n) is 42.4. The molecule has 0 aromatic carbocycles. The van der Waals surface area contributed by atoms with Crippen LogP contribution in [0.2, 0.25) is 0 Å². The number of unbranched alkanes of at least 4 members (excludes halogenated alkanes) is 36. The molecule has 370 valence electrons. The first kappa shape index (κ1) is 60.9. The van der Waals surface area contributed by atoms with Crippen molar-refractivity contribution < 1.29 is 28.6 Å². The van der Waals surface area contributed by atoms with Gasteiger partial charge in [0, 0.05) is 19.3 Å². The van der Waals surface area contributed by atoms with E-state index in [1.807, 2.05) is 0 Å². The Morgan fingerprint density at radius 3 is 0.905 bits per heavy atom. The minimum Gasteiger partial charge on any atom is -0.462 e. The van der Waals surface area contributed by atoms with Gasteiger partial charge in [0.05, 0.1) is 0 Å². The largest absolute Gasteiger partial charge is 0.462 e. The molecule has 0 saturated carbocycles. The Bertz CT molecular complexity index is 1020. The van der Waals surface area contributed by atoms with Gasteiger partial charge >= 0.3 is 17.9 Å². The lowest BCUT2D eigenvalue weighted by Crippen LogP contribution is -2.30. The molecule has 1 unspecified atom stereocenters. The first-order valence-corrected chi connectivity index (χ1v) is 27.8. The van der Waals surface area contributed by atoms with Crippen LogP contribution < -0.4 is 0 Å². The van der Waals surface area contributed by atoms with Crippen molar-refractivity contribution in [3.05, 3.63) is 24.3 Å². The molecule has 0 saturated heterocycles. The second kappa shape index (κ2) is 52.5. The van der Waals surface area contributed by atoms with Crippen molar-refractivity contribution in [2.24, 2.45) is 0 Å². The van der Waals surface area contributed by atoms with E-state index in [1.54, 1.807) is 0 Å². The minimum absolute atomic E-state index is 0.0735. The summed E-state index contributed by atoms with van der Waals surface area (Å²) < 4.78 is 16.7. The predicted molar refractivity (Wildman–Crippen MR) is 270 cm³/mol. The summed E-state index contributed by atoms with van der Waals surface area (Å²) in [5.74, 6) is -0.887. The van der Waals surface area contributed by atoms with Gasteiger partial charge in [0.25, 0.3) is 0 Å². The zero-order valence-corrected chi connectivity index (χ0v) is 42.4. The SMILES string of the molecule is CCCCC/C=C\C/C=C\CCCCCCCC(=O)OC(COC(=O)CCCCCCC)COC(=O)CCCCCCCCCCCCCCCCCCCCCCCCCCC. The van der Waals surface area contributed by atoms with Gasteiger partial charge in [-0.05, 0) is 51.4 Å². The van der Waals surface area contributed by atoms with E-state index in [4.69, 9.17) is 14.2 Å². The molecule has 0 fully saturated rings. The van der Waals surface area contributed by atoms with Gasteiger partial charge in [-0.2, -0.15) is 0 Å². The fourth-order valence-electron chi connectivity index (χ4n) is 8.24.